The maximum Gasteiger partial charge on any atom is 0.328 e. The molecule has 0 amide bonds. The number of benzene rings is 1. The van der Waals surface area contributed by atoms with E-state index in [4.69, 9.17) is 10.2 Å². The monoisotopic (exact) mass is 408 g/mol. The van der Waals surface area contributed by atoms with Gasteiger partial charge in [-0.05, 0) is 55.8 Å². The Morgan fingerprint density at radius 3 is 2.27 bits per heavy atom. The fraction of sp³-hybridized carbons (Fsp3) is 0.292. The molecule has 1 aliphatic carbocycles. The summed E-state index contributed by atoms with van der Waals surface area (Å²) >= 11 is 0. The number of carboxylic acids is 2. The third-order valence-corrected chi connectivity index (χ3v) is 4.89. The molecular weight excluding hydrogens is 380 g/mol. The molecule has 2 N–H and O–H groups in total. The van der Waals surface area contributed by atoms with Crippen LogP contribution >= 0.6 is 0 Å². The van der Waals surface area contributed by atoms with Crippen molar-refractivity contribution in [3.63, 3.8) is 0 Å². The van der Waals surface area contributed by atoms with Gasteiger partial charge in [0, 0.05) is 36.5 Å². The minimum atomic E-state index is -1.26. The smallest absolute Gasteiger partial charge is 0.328 e. The maximum absolute atomic E-state index is 9.55. The van der Waals surface area contributed by atoms with Crippen molar-refractivity contribution in [1.29, 1.82) is 0 Å². The predicted octanol–water partition coefficient (Wildman–Crippen LogP) is 3.86. The van der Waals surface area contributed by atoms with Crippen LogP contribution in [-0.2, 0) is 16.0 Å². The van der Waals surface area contributed by atoms with E-state index in [9.17, 15) is 9.59 Å². The quantitative estimate of drug-likeness (QED) is 0.676. The maximum atomic E-state index is 9.55. The van der Waals surface area contributed by atoms with E-state index in [1.54, 1.807) is 5.57 Å². The minimum Gasteiger partial charge on any atom is -0.478 e. The highest BCUT2D eigenvalue weighted by Gasteiger charge is 2.26. The fourth-order valence-corrected chi connectivity index (χ4v) is 3.50. The molecule has 6 heteroatoms. The van der Waals surface area contributed by atoms with Gasteiger partial charge in [0.15, 0.2) is 0 Å². The van der Waals surface area contributed by atoms with Gasteiger partial charge < -0.3 is 15.1 Å². The van der Waals surface area contributed by atoms with Crippen LogP contribution in [0.1, 0.15) is 36.1 Å². The average Bonchev–Trinajstić information content (AvgIpc) is 3.09. The first-order valence-corrected chi connectivity index (χ1v) is 9.79. The normalized spacial score (nSPS) is 13.7. The molecule has 30 heavy (non-hydrogen) atoms. The van der Waals surface area contributed by atoms with E-state index in [-0.39, 0.29) is 0 Å². The number of allylic oxidation sites excluding steroid dienone is 1. The van der Waals surface area contributed by atoms with Crippen LogP contribution in [-0.4, -0.2) is 52.7 Å². The number of rotatable bonds is 7. The molecule has 0 saturated heterocycles. The van der Waals surface area contributed by atoms with E-state index >= 15 is 0 Å². The molecule has 6 nitrogen and oxygen atoms in total. The van der Waals surface area contributed by atoms with Gasteiger partial charge in [0.05, 0.1) is 0 Å². The zero-order chi connectivity index (χ0) is 22.1. The summed E-state index contributed by atoms with van der Waals surface area (Å²) in [6, 6.07) is 15.0. The molecule has 1 aromatic carbocycles. The van der Waals surface area contributed by atoms with E-state index < -0.39 is 11.9 Å². The molecular formula is C24H28N2O4. The summed E-state index contributed by atoms with van der Waals surface area (Å²) in [5, 5.41) is 15.6. The van der Waals surface area contributed by atoms with Gasteiger partial charge in [-0.15, -0.1) is 0 Å². The standard InChI is InChI=1S/C20H24N2.C4H4O4/c1-15(19-10-6-7-12-21-19)20-17(11-13-22(2)3)14-16-8-4-5-9-18(16)20;5-3(6)1-2-4(7)8/h4-10,12,15H,11,13-14H2,1-3H3;1-2H,(H,5,6)(H,7,8). The Morgan fingerprint density at radius 2 is 1.70 bits per heavy atom. The molecule has 0 radical (unpaired) electrons. The summed E-state index contributed by atoms with van der Waals surface area (Å²) in [4.78, 5) is 26.0. The van der Waals surface area contributed by atoms with Crippen LogP contribution in [0, 0.1) is 0 Å². The van der Waals surface area contributed by atoms with E-state index in [0.717, 1.165) is 25.1 Å². The van der Waals surface area contributed by atoms with Crippen molar-refractivity contribution in [2.75, 3.05) is 20.6 Å². The average molecular weight is 408 g/mol. The number of carboxylic acid groups (broad SMARTS) is 2. The van der Waals surface area contributed by atoms with Gasteiger partial charge in [-0.25, -0.2) is 9.59 Å². The molecule has 0 bridgehead atoms. The van der Waals surface area contributed by atoms with Crippen molar-refractivity contribution in [1.82, 2.24) is 9.88 Å². The highest BCUT2D eigenvalue weighted by molar-refractivity contribution is 5.89. The number of aliphatic carboxylic acids is 2. The third-order valence-electron chi connectivity index (χ3n) is 4.89. The molecule has 3 rings (SSSR count). The van der Waals surface area contributed by atoms with E-state index in [2.05, 4.69) is 67.3 Å². The number of pyridine rings is 1. The zero-order valence-corrected chi connectivity index (χ0v) is 17.6. The van der Waals surface area contributed by atoms with Crippen LogP contribution in [0.3, 0.4) is 0 Å². The molecule has 1 unspecified atom stereocenters. The van der Waals surface area contributed by atoms with Gasteiger partial charge in [0.25, 0.3) is 0 Å². The van der Waals surface area contributed by atoms with Gasteiger partial charge in [0.2, 0.25) is 0 Å². The van der Waals surface area contributed by atoms with Crippen molar-refractivity contribution in [3.8, 4) is 0 Å². The molecule has 2 aromatic rings. The van der Waals surface area contributed by atoms with Gasteiger partial charge in [-0.1, -0.05) is 42.8 Å². The van der Waals surface area contributed by atoms with Crippen LogP contribution in [0.25, 0.3) is 5.57 Å². The lowest BCUT2D eigenvalue weighted by molar-refractivity contribution is -0.134. The molecule has 1 atom stereocenters. The lowest BCUT2D eigenvalue weighted by Gasteiger charge is -2.18. The molecule has 1 aromatic heterocycles. The predicted molar refractivity (Wildman–Crippen MR) is 117 cm³/mol. The number of carbonyl (C=O) groups is 2. The van der Waals surface area contributed by atoms with Gasteiger partial charge in [0.1, 0.15) is 0 Å². The molecule has 0 spiro atoms. The Morgan fingerprint density at radius 1 is 1.07 bits per heavy atom. The lowest BCUT2D eigenvalue weighted by atomic mass is 9.89. The molecule has 1 aliphatic rings. The summed E-state index contributed by atoms with van der Waals surface area (Å²) in [7, 11) is 4.29. The van der Waals surface area contributed by atoms with Crippen LogP contribution in [0.4, 0.5) is 0 Å². The Balaban J connectivity index is 0.000000343. The molecule has 0 aliphatic heterocycles. The number of hydrogen-bond donors (Lipinski definition) is 2. The second kappa shape index (κ2) is 11.1. The zero-order valence-electron chi connectivity index (χ0n) is 17.6. The second-order valence-corrected chi connectivity index (χ2v) is 7.39. The van der Waals surface area contributed by atoms with Crippen LogP contribution in [0.15, 0.2) is 66.4 Å². The van der Waals surface area contributed by atoms with Gasteiger partial charge >= 0.3 is 11.9 Å². The molecule has 0 fully saturated rings. The Kier molecular flexibility index (Phi) is 8.50. The highest BCUT2D eigenvalue weighted by Crippen LogP contribution is 2.42. The topological polar surface area (TPSA) is 90.7 Å². The molecule has 158 valence electrons. The lowest BCUT2D eigenvalue weighted by Crippen LogP contribution is -2.14. The summed E-state index contributed by atoms with van der Waals surface area (Å²) < 4.78 is 0. The molecule has 0 saturated carbocycles. The first-order chi connectivity index (χ1) is 14.3. The van der Waals surface area contributed by atoms with E-state index in [1.807, 2.05) is 12.3 Å². The number of fused-ring (bicyclic) bond motifs is 1. The van der Waals surface area contributed by atoms with Crippen molar-refractivity contribution in [2.45, 2.75) is 25.7 Å². The summed E-state index contributed by atoms with van der Waals surface area (Å²) in [5.41, 5.74) is 7.13. The van der Waals surface area contributed by atoms with Crippen molar-refractivity contribution < 1.29 is 19.8 Å². The first-order valence-electron chi connectivity index (χ1n) is 9.79. The van der Waals surface area contributed by atoms with Crippen molar-refractivity contribution in [3.05, 3.63) is 83.2 Å². The second-order valence-electron chi connectivity index (χ2n) is 7.39. The van der Waals surface area contributed by atoms with Crippen LogP contribution in [0.5, 0.6) is 0 Å². The number of nitrogens with zero attached hydrogens (tertiary/aromatic N) is 2. The minimum absolute atomic E-state index is 0.349. The number of hydrogen-bond acceptors (Lipinski definition) is 4. The van der Waals surface area contributed by atoms with Gasteiger partial charge in [-0.2, -0.15) is 0 Å². The summed E-state index contributed by atoms with van der Waals surface area (Å²) in [6.45, 7) is 3.39. The summed E-state index contributed by atoms with van der Waals surface area (Å²) in [5.74, 6) is -2.16. The number of aromatic nitrogens is 1. The van der Waals surface area contributed by atoms with E-state index in [0.29, 0.717) is 18.1 Å². The van der Waals surface area contributed by atoms with Crippen molar-refractivity contribution >= 4 is 17.5 Å². The Bertz CT molecular complexity index is 917. The Hall–Kier alpha value is -3.25. The van der Waals surface area contributed by atoms with Crippen LogP contribution in [0.2, 0.25) is 0 Å². The van der Waals surface area contributed by atoms with E-state index in [1.165, 1.54) is 16.7 Å². The largest absolute Gasteiger partial charge is 0.478 e. The first kappa shape index (κ1) is 23.0. The highest BCUT2D eigenvalue weighted by atomic mass is 16.4. The Labute approximate surface area is 177 Å². The van der Waals surface area contributed by atoms with Gasteiger partial charge in [-0.3, -0.25) is 4.98 Å². The fourth-order valence-electron chi connectivity index (χ4n) is 3.50. The summed E-state index contributed by atoms with van der Waals surface area (Å²) in [6.07, 6.45) is 5.24. The molecule has 1 heterocycles. The van der Waals surface area contributed by atoms with Crippen LogP contribution < -0.4 is 0 Å². The van der Waals surface area contributed by atoms with Crippen molar-refractivity contribution in [2.24, 2.45) is 0 Å². The SMILES string of the molecule is CC(C1=C(CCN(C)C)Cc2ccccc21)c1ccccn1.O=C(O)C=CC(=O)O. The third kappa shape index (κ3) is 6.67.